The number of aliphatic hydroxyl groups is 1. The van der Waals surface area contributed by atoms with E-state index in [-0.39, 0.29) is 18.7 Å². The second kappa shape index (κ2) is 15.0. The molecule has 1 amide bonds. The lowest BCUT2D eigenvalue weighted by atomic mass is 10.0. The molecule has 0 aliphatic heterocycles. The van der Waals surface area contributed by atoms with E-state index in [9.17, 15) is 19.6 Å². The number of ketones is 2. The SMILES string of the molecule is CCCCCC(=O)CCCCCCC(=O)CCN(O)C(=O)C(N)CO. The summed E-state index contributed by atoms with van der Waals surface area (Å²) < 4.78 is 0. The third kappa shape index (κ3) is 12.7. The maximum atomic E-state index is 11.7. The van der Waals surface area contributed by atoms with Crippen molar-refractivity contribution >= 4 is 17.5 Å². The van der Waals surface area contributed by atoms with Gasteiger partial charge in [-0.3, -0.25) is 19.6 Å². The zero-order valence-corrected chi connectivity index (χ0v) is 15.4. The third-order valence-corrected chi connectivity index (χ3v) is 4.09. The van der Waals surface area contributed by atoms with Crippen LogP contribution >= 0.6 is 0 Å². The molecule has 1 unspecified atom stereocenters. The Bertz CT molecular complexity index is 401. The molecule has 0 aromatic heterocycles. The van der Waals surface area contributed by atoms with Gasteiger partial charge in [0.25, 0.3) is 5.91 Å². The van der Waals surface area contributed by atoms with E-state index in [4.69, 9.17) is 10.8 Å². The highest BCUT2D eigenvalue weighted by atomic mass is 16.5. The molecule has 0 rings (SSSR count). The van der Waals surface area contributed by atoms with Crippen molar-refractivity contribution < 1.29 is 24.7 Å². The lowest BCUT2D eigenvalue weighted by Gasteiger charge is -2.17. The van der Waals surface area contributed by atoms with E-state index in [2.05, 4.69) is 6.92 Å². The van der Waals surface area contributed by atoms with E-state index in [1.54, 1.807) is 0 Å². The summed E-state index contributed by atoms with van der Waals surface area (Å²) in [5.74, 6) is -0.489. The zero-order valence-electron chi connectivity index (χ0n) is 15.4. The molecule has 0 aliphatic carbocycles. The molecular weight excluding hydrogens is 324 g/mol. The van der Waals surface area contributed by atoms with E-state index in [0.717, 1.165) is 44.9 Å². The number of hydrogen-bond donors (Lipinski definition) is 3. The number of rotatable bonds is 16. The lowest BCUT2D eigenvalue weighted by molar-refractivity contribution is -0.168. The van der Waals surface area contributed by atoms with Crippen LogP contribution in [0.1, 0.15) is 77.6 Å². The number of carbonyl (C=O) groups excluding carboxylic acids is 3. The van der Waals surface area contributed by atoms with Gasteiger partial charge in [0, 0.05) is 25.7 Å². The number of nitrogens with zero attached hydrogens (tertiary/aromatic N) is 1. The van der Waals surface area contributed by atoms with E-state index >= 15 is 0 Å². The molecule has 0 aromatic rings. The first kappa shape index (κ1) is 23.7. The van der Waals surface area contributed by atoms with Gasteiger partial charge in [0.1, 0.15) is 17.6 Å². The van der Waals surface area contributed by atoms with Crippen LogP contribution in [0.25, 0.3) is 0 Å². The van der Waals surface area contributed by atoms with Crippen molar-refractivity contribution in [1.82, 2.24) is 5.06 Å². The number of Topliss-reactive ketones (excluding diaryl/α,β-unsaturated/α-hetero) is 2. The van der Waals surface area contributed by atoms with Crippen molar-refractivity contribution in [3.05, 3.63) is 0 Å². The molecule has 7 nitrogen and oxygen atoms in total. The monoisotopic (exact) mass is 358 g/mol. The maximum Gasteiger partial charge on any atom is 0.265 e. The van der Waals surface area contributed by atoms with E-state index < -0.39 is 18.6 Å². The summed E-state index contributed by atoms with van der Waals surface area (Å²) in [5, 5.41) is 18.6. The molecule has 0 saturated heterocycles. The predicted octanol–water partition coefficient (Wildman–Crippen LogP) is 1.97. The summed E-state index contributed by atoms with van der Waals surface area (Å²) in [6.07, 6.45) is 8.44. The van der Waals surface area contributed by atoms with Gasteiger partial charge >= 0.3 is 0 Å². The Hall–Kier alpha value is -1.31. The first-order valence-corrected chi connectivity index (χ1v) is 9.32. The number of nitrogens with two attached hydrogens (primary N) is 1. The van der Waals surface area contributed by atoms with E-state index in [0.29, 0.717) is 30.1 Å². The van der Waals surface area contributed by atoms with Crippen LogP contribution in [-0.4, -0.2) is 52.0 Å². The molecule has 0 heterocycles. The fourth-order valence-corrected chi connectivity index (χ4v) is 2.43. The molecule has 25 heavy (non-hydrogen) atoms. The van der Waals surface area contributed by atoms with Crippen LogP contribution in [0.5, 0.6) is 0 Å². The summed E-state index contributed by atoms with van der Waals surface area (Å²) in [7, 11) is 0. The summed E-state index contributed by atoms with van der Waals surface area (Å²) in [5.41, 5.74) is 5.30. The zero-order chi connectivity index (χ0) is 19.1. The molecule has 0 aromatic carbocycles. The maximum absolute atomic E-state index is 11.7. The second-order valence-electron chi connectivity index (χ2n) is 6.45. The Balaban J connectivity index is 3.61. The molecular formula is C18H34N2O5. The Kier molecular flexibility index (Phi) is 14.2. The van der Waals surface area contributed by atoms with Crippen LogP contribution in [0.4, 0.5) is 0 Å². The minimum absolute atomic E-state index is 0.0277. The second-order valence-corrected chi connectivity index (χ2v) is 6.45. The third-order valence-electron chi connectivity index (χ3n) is 4.09. The standard InChI is InChI=1S/C18H34N2O5/c1-2-3-6-9-15(22)10-7-4-5-8-11-16(23)12-13-20(25)18(24)17(19)14-21/h17,21,25H,2-14,19H2,1H3. The van der Waals surface area contributed by atoms with Gasteiger partial charge in [-0.15, -0.1) is 0 Å². The highest BCUT2D eigenvalue weighted by Gasteiger charge is 2.19. The molecule has 1 atom stereocenters. The van der Waals surface area contributed by atoms with Crippen LogP contribution in [0.3, 0.4) is 0 Å². The Morgan fingerprint density at radius 3 is 1.84 bits per heavy atom. The van der Waals surface area contributed by atoms with Crippen LogP contribution in [0.2, 0.25) is 0 Å². The molecule has 146 valence electrons. The van der Waals surface area contributed by atoms with Crippen LogP contribution in [0, 0.1) is 0 Å². The van der Waals surface area contributed by atoms with Crippen molar-refractivity contribution in [2.45, 2.75) is 83.6 Å². The Labute approximate surface area is 150 Å². The number of amides is 1. The fraction of sp³-hybridized carbons (Fsp3) is 0.833. The first-order chi connectivity index (χ1) is 11.9. The number of carbonyl (C=O) groups is 3. The van der Waals surface area contributed by atoms with Crippen molar-refractivity contribution in [3.63, 3.8) is 0 Å². The number of unbranched alkanes of at least 4 members (excludes halogenated alkanes) is 5. The van der Waals surface area contributed by atoms with Gasteiger partial charge in [0.05, 0.1) is 13.2 Å². The van der Waals surface area contributed by atoms with Gasteiger partial charge < -0.3 is 10.8 Å². The van der Waals surface area contributed by atoms with Gasteiger partial charge in [-0.25, -0.2) is 5.06 Å². The smallest absolute Gasteiger partial charge is 0.265 e. The van der Waals surface area contributed by atoms with Crippen molar-refractivity contribution in [2.75, 3.05) is 13.2 Å². The molecule has 0 radical (unpaired) electrons. The predicted molar refractivity (Wildman–Crippen MR) is 95.0 cm³/mol. The average molecular weight is 358 g/mol. The highest BCUT2D eigenvalue weighted by Crippen LogP contribution is 2.10. The molecule has 0 spiro atoms. The quantitative estimate of drug-likeness (QED) is 0.220. The van der Waals surface area contributed by atoms with Crippen molar-refractivity contribution in [3.8, 4) is 0 Å². The van der Waals surface area contributed by atoms with Crippen LogP contribution in [-0.2, 0) is 14.4 Å². The number of hydroxylamine groups is 2. The van der Waals surface area contributed by atoms with Gasteiger partial charge in [-0.2, -0.15) is 0 Å². The average Bonchev–Trinajstić information content (AvgIpc) is 2.61. The van der Waals surface area contributed by atoms with Gasteiger partial charge in [-0.1, -0.05) is 32.6 Å². The number of hydrogen-bond acceptors (Lipinski definition) is 6. The van der Waals surface area contributed by atoms with Gasteiger partial charge in [0.15, 0.2) is 0 Å². The van der Waals surface area contributed by atoms with Crippen molar-refractivity contribution in [2.24, 2.45) is 5.73 Å². The van der Waals surface area contributed by atoms with Crippen LogP contribution < -0.4 is 5.73 Å². The van der Waals surface area contributed by atoms with E-state index in [1.807, 2.05) is 0 Å². The number of aliphatic hydroxyl groups excluding tert-OH is 1. The fourth-order valence-electron chi connectivity index (χ4n) is 2.43. The van der Waals surface area contributed by atoms with Gasteiger partial charge in [-0.05, 0) is 19.3 Å². The normalized spacial score (nSPS) is 12.0. The molecule has 4 N–H and O–H groups in total. The molecule has 0 bridgehead atoms. The van der Waals surface area contributed by atoms with E-state index in [1.165, 1.54) is 0 Å². The summed E-state index contributed by atoms with van der Waals surface area (Å²) >= 11 is 0. The highest BCUT2D eigenvalue weighted by molar-refractivity contribution is 5.82. The lowest BCUT2D eigenvalue weighted by Crippen LogP contribution is -2.44. The Morgan fingerprint density at radius 2 is 1.36 bits per heavy atom. The molecule has 7 heteroatoms. The largest absolute Gasteiger partial charge is 0.394 e. The van der Waals surface area contributed by atoms with Crippen LogP contribution in [0.15, 0.2) is 0 Å². The summed E-state index contributed by atoms with van der Waals surface area (Å²) in [6.45, 7) is 1.45. The summed E-state index contributed by atoms with van der Waals surface area (Å²) in [4.78, 5) is 34.7. The Morgan fingerprint density at radius 1 is 0.880 bits per heavy atom. The minimum atomic E-state index is -1.16. The minimum Gasteiger partial charge on any atom is -0.394 e. The molecule has 0 aliphatic rings. The van der Waals surface area contributed by atoms with Gasteiger partial charge in [0.2, 0.25) is 0 Å². The summed E-state index contributed by atoms with van der Waals surface area (Å²) in [6, 6.07) is -1.16. The first-order valence-electron chi connectivity index (χ1n) is 9.32. The topological polar surface area (TPSA) is 121 Å². The van der Waals surface area contributed by atoms with Crippen molar-refractivity contribution in [1.29, 1.82) is 0 Å². The molecule has 0 fully saturated rings. The molecule has 0 saturated carbocycles.